The first kappa shape index (κ1) is 7.56. The predicted octanol–water partition coefficient (Wildman–Crippen LogP) is 0.879. The Morgan fingerprint density at radius 3 is 2.64 bits per heavy atom. The van der Waals surface area contributed by atoms with Gasteiger partial charge in [0, 0.05) is 24.7 Å². The molecule has 2 nitrogen and oxygen atoms in total. The van der Waals surface area contributed by atoms with Gasteiger partial charge in [-0.3, -0.25) is 0 Å². The molecule has 1 aliphatic carbocycles. The van der Waals surface area contributed by atoms with Crippen LogP contribution in [0.3, 0.4) is 0 Å². The molecule has 2 N–H and O–H groups in total. The molecule has 0 bridgehead atoms. The molecule has 0 radical (unpaired) electrons. The van der Waals surface area contributed by atoms with E-state index in [1.54, 1.807) is 0 Å². The van der Waals surface area contributed by atoms with E-state index in [0.29, 0.717) is 6.04 Å². The maximum atomic E-state index is 3.66. The highest BCUT2D eigenvalue weighted by Crippen LogP contribution is 2.20. The number of fused-ring (bicyclic) bond motifs is 1. The molecule has 2 fully saturated rings. The van der Waals surface area contributed by atoms with Crippen LogP contribution in [0.2, 0.25) is 0 Å². The Labute approximate surface area is 68.7 Å². The largest absolute Gasteiger partial charge is 0.311 e. The molecule has 0 spiro atoms. The molecule has 1 aliphatic heterocycles. The van der Waals surface area contributed by atoms with Crippen molar-refractivity contribution in [2.75, 3.05) is 6.54 Å². The highest BCUT2D eigenvalue weighted by atomic mass is 15.1. The van der Waals surface area contributed by atoms with Gasteiger partial charge in [0.05, 0.1) is 0 Å². The number of hydrogen-bond acceptors (Lipinski definition) is 2. The molecule has 0 aromatic rings. The lowest BCUT2D eigenvalue weighted by molar-refractivity contribution is 0.219. The molecule has 1 saturated heterocycles. The fourth-order valence-electron chi connectivity index (χ4n) is 2.33. The Balaban J connectivity index is 1.93. The number of rotatable bonds is 0. The molecule has 2 rings (SSSR count). The minimum absolute atomic E-state index is 0.675. The Morgan fingerprint density at radius 2 is 1.82 bits per heavy atom. The third-order valence-electron chi connectivity index (χ3n) is 2.95. The molecule has 2 heteroatoms. The minimum atomic E-state index is 0.675. The summed E-state index contributed by atoms with van der Waals surface area (Å²) in [5.74, 6) is 0. The summed E-state index contributed by atoms with van der Waals surface area (Å²) in [5, 5.41) is 7.26. The first-order valence-corrected chi connectivity index (χ1v) is 4.86. The van der Waals surface area contributed by atoms with Crippen molar-refractivity contribution in [1.82, 2.24) is 10.6 Å². The van der Waals surface area contributed by atoms with E-state index in [1.165, 1.54) is 25.7 Å². The molecule has 1 heterocycles. The van der Waals surface area contributed by atoms with Gasteiger partial charge in [0.1, 0.15) is 0 Å². The fraction of sp³-hybridized carbons (Fsp3) is 1.00. The highest BCUT2D eigenvalue weighted by molar-refractivity contribution is 4.92. The van der Waals surface area contributed by atoms with Gasteiger partial charge < -0.3 is 10.6 Å². The zero-order valence-electron chi connectivity index (χ0n) is 7.27. The topological polar surface area (TPSA) is 24.1 Å². The average molecular weight is 154 g/mol. The second-order valence-corrected chi connectivity index (χ2v) is 3.97. The van der Waals surface area contributed by atoms with Crippen LogP contribution in [-0.4, -0.2) is 24.7 Å². The summed E-state index contributed by atoms with van der Waals surface area (Å²) < 4.78 is 0. The molecule has 0 aromatic carbocycles. The maximum absolute atomic E-state index is 3.66. The van der Waals surface area contributed by atoms with Crippen molar-refractivity contribution >= 4 is 0 Å². The number of hydrogen-bond donors (Lipinski definition) is 2. The van der Waals surface area contributed by atoms with E-state index in [4.69, 9.17) is 0 Å². The summed E-state index contributed by atoms with van der Waals surface area (Å²) in [6.45, 7) is 3.42. The third-order valence-corrected chi connectivity index (χ3v) is 2.95. The molecule has 2 aliphatic rings. The summed E-state index contributed by atoms with van der Waals surface area (Å²) in [6, 6.07) is 2.22. The molecule has 3 atom stereocenters. The van der Waals surface area contributed by atoms with E-state index >= 15 is 0 Å². The van der Waals surface area contributed by atoms with Crippen molar-refractivity contribution in [3.8, 4) is 0 Å². The standard InChI is InChI=1S/C9H18N2/c1-7-6-10-8-4-2-3-5-9(8)11-7/h7-11H,2-6H2,1H3/t7-,8+,9-/m1/s1. The summed E-state index contributed by atoms with van der Waals surface area (Å²) in [5.41, 5.74) is 0. The Morgan fingerprint density at radius 1 is 1.09 bits per heavy atom. The van der Waals surface area contributed by atoms with Crippen molar-refractivity contribution in [1.29, 1.82) is 0 Å². The number of piperazine rings is 1. The van der Waals surface area contributed by atoms with E-state index in [2.05, 4.69) is 17.6 Å². The molecular weight excluding hydrogens is 136 g/mol. The van der Waals surface area contributed by atoms with Gasteiger partial charge in [-0.2, -0.15) is 0 Å². The second kappa shape index (κ2) is 3.11. The molecular formula is C9H18N2. The Bertz CT molecular complexity index is 136. The lowest BCUT2D eigenvalue weighted by Gasteiger charge is -2.40. The molecule has 0 unspecified atom stereocenters. The molecule has 11 heavy (non-hydrogen) atoms. The van der Waals surface area contributed by atoms with Gasteiger partial charge in [-0.15, -0.1) is 0 Å². The van der Waals surface area contributed by atoms with Gasteiger partial charge in [0.2, 0.25) is 0 Å². The first-order valence-electron chi connectivity index (χ1n) is 4.86. The highest BCUT2D eigenvalue weighted by Gasteiger charge is 2.29. The Kier molecular flexibility index (Phi) is 2.14. The lowest BCUT2D eigenvalue weighted by atomic mass is 9.88. The second-order valence-electron chi connectivity index (χ2n) is 3.97. The van der Waals surface area contributed by atoms with E-state index in [9.17, 15) is 0 Å². The fourth-order valence-corrected chi connectivity index (χ4v) is 2.33. The van der Waals surface area contributed by atoms with E-state index in [1.807, 2.05) is 0 Å². The summed E-state index contributed by atoms with van der Waals surface area (Å²) in [4.78, 5) is 0. The van der Waals surface area contributed by atoms with Crippen molar-refractivity contribution in [2.24, 2.45) is 0 Å². The molecule has 0 aromatic heterocycles. The summed E-state index contributed by atoms with van der Waals surface area (Å²) in [6.07, 6.45) is 5.60. The molecule has 64 valence electrons. The summed E-state index contributed by atoms with van der Waals surface area (Å²) >= 11 is 0. The third kappa shape index (κ3) is 1.57. The van der Waals surface area contributed by atoms with Gasteiger partial charge in [-0.25, -0.2) is 0 Å². The number of nitrogens with one attached hydrogen (secondary N) is 2. The van der Waals surface area contributed by atoms with Gasteiger partial charge >= 0.3 is 0 Å². The van der Waals surface area contributed by atoms with Crippen LogP contribution in [-0.2, 0) is 0 Å². The van der Waals surface area contributed by atoms with Crippen molar-refractivity contribution in [2.45, 2.75) is 50.7 Å². The molecule has 0 amide bonds. The van der Waals surface area contributed by atoms with Crippen molar-refractivity contribution < 1.29 is 0 Å². The van der Waals surface area contributed by atoms with Crippen LogP contribution in [0.5, 0.6) is 0 Å². The monoisotopic (exact) mass is 154 g/mol. The van der Waals surface area contributed by atoms with Gasteiger partial charge in [-0.1, -0.05) is 12.8 Å². The predicted molar refractivity (Wildman–Crippen MR) is 46.6 cm³/mol. The van der Waals surface area contributed by atoms with E-state index < -0.39 is 0 Å². The lowest BCUT2D eigenvalue weighted by Crippen LogP contribution is -2.60. The van der Waals surface area contributed by atoms with Gasteiger partial charge in [-0.05, 0) is 19.8 Å². The van der Waals surface area contributed by atoms with Crippen LogP contribution in [0.4, 0.5) is 0 Å². The summed E-state index contributed by atoms with van der Waals surface area (Å²) in [7, 11) is 0. The van der Waals surface area contributed by atoms with Crippen LogP contribution in [0.15, 0.2) is 0 Å². The van der Waals surface area contributed by atoms with Crippen LogP contribution >= 0.6 is 0 Å². The minimum Gasteiger partial charge on any atom is -0.311 e. The Hall–Kier alpha value is -0.0800. The maximum Gasteiger partial charge on any atom is 0.0224 e. The van der Waals surface area contributed by atoms with Crippen molar-refractivity contribution in [3.05, 3.63) is 0 Å². The average Bonchev–Trinajstić information content (AvgIpc) is 2.04. The first-order chi connectivity index (χ1) is 5.36. The van der Waals surface area contributed by atoms with E-state index in [0.717, 1.165) is 18.6 Å². The van der Waals surface area contributed by atoms with Gasteiger partial charge in [0.15, 0.2) is 0 Å². The SMILES string of the molecule is C[C@@H]1CN[C@H]2CCCC[C@H]2N1. The normalized spacial score (nSPS) is 45.0. The van der Waals surface area contributed by atoms with Crippen LogP contribution in [0.25, 0.3) is 0 Å². The molecule has 1 saturated carbocycles. The smallest absolute Gasteiger partial charge is 0.0224 e. The van der Waals surface area contributed by atoms with E-state index in [-0.39, 0.29) is 0 Å². The quantitative estimate of drug-likeness (QED) is 0.541. The van der Waals surface area contributed by atoms with Crippen molar-refractivity contribution in [3.63, 3.8) is 0 Å². The van der Waals surface area contributed by atoms with Crippen LogP contribution in [0, 0.1) is 0 Å². The zero-order chi connectivity index (χ0) is 7.68. The zero-order valence-corrected chi connectivity index (χ0v) is 7.27. The van der Waals surface area contributed by atoms with Crippen LogP contribution in [0.1, 0.15) is 32.6 Å². The van der Waals surface area contributed by atoms with Gasteiger partial charge in [0.25, 0.3) is 0 Å². The van der Waals surface area contributed by atoms with Crippen LogP contribution < -0.4 is 10.6 Å².